The van der Waals surface area contributed by atoms with Crippen molar-refractivity contribution in [2.75, 3.05) is 32.8 Å². The lowest BCUT2D eigenvalue weighted by atomic mass is 10.2. The second-order valence-corrected chi connectivity index (χ2v) is 5.70. The molecule has 132 valence electrons. The van der Waals surface area contributed by atoms with E-state index in [0.717, 1.165) is 19.5 Å². The molecule has 1 aromatic rings. The Morgan fingerprint density at radius 1 is 1.13 bits per heavy atom. The molecular formula is C16H29N3O4. The zero-order chi connectivity index (χ0) is 17.1. The molecule has 1 rings (SSSR count). The van der Waals surface area contributed by atoms with Crippen molar-refractivity contribution < 1.29 is 20.2 Å². The van der Waals surface area contributed by atoms with E-state index in [4.69, 9.17) is 4.84 Å². The Labute approximate surface area is 137 Å². The molecule has 7 heteroatoms. The Bertz CT molecular complexity index is 420. The van der Waals surface area contributed by atoms with E-state index in [0.29, 0.717) is 25.5 Å². The maximum Gasteiger partial charge on any atom is 0.188 e. The van der Waals surface area contributed by atoms with Crippen LogP contribution in [0.4, 0.5) is 0 Å². The molecule has 5 N–H and O–H groups in total. The van der Waals surface area contributed by atoms with Gasteiger partial charge in [-0.3, -0.25) is 4.90 Å². The van der Waals surface area contributed by atoms with Crippen LogP contribution in [0.5, 0.6) is 11.5 Å². The Morgan fingerprint density at radius 3 is 2.39 bits per heavy atom. The van der Waals surface area contributed by atoms with Crippen molar-refractivity contribution in [2.45, 2.75) is 32.5 Å². The number of benzene rings is 1. The summed E-state index contributed by atoms with van der Waals surface area (Å²) in [6.07, 6.45) is 0.0724. The number of aliphatic hydroxyl groups excluding tert-OH is 2. The molecule has 2 atom stereocenters. The molecule has 0 saturated carbocycles. The third-order valence-electron chi connectivity index (χ3n) is 3.12. The quantitative estimate of drug-likeness (QED) is 0.214. The van der Waals surface area contributed by atoms with E-state index in [9.17, 15) is 15.3 Å². The molecule has 7 nitrogen and oxygen atoms in total. The SMILES string of the molecule is CC(O)CN(CCCNCNOc1ccccc1O)CC(C)O. The second kappa shape index (κ2) is 11.2. The summed E-state index contributed by atoms with van der Waals surface area (Å²) in [7, 11) is 0. The fourth-order valence-electron chi connectivity index (χ4n) is 2.23. The van der Waals surface area contributed by atoms with Crippen LogP contribution in [0.15, 0.2) is 24.3 Å². The number of nitrogens with one attached hydrogen (secondary N) is 2. The van der Waals surface area contributed by atoms with Crippen molar-refractivity contribution in [3.8, 4) is 11.5 Å². The highest BCUT2D eigenvalue weighted by Crippen LogP contribution is 2.23. The van der Waals surface area contributed by atoms with Crippen LogP contribution in [-0.2, 0) is 0 Å². The summed E-state index contributed by atoms with van der Waals surface area (Å²) in [5, 5.41) is 31.6. The minimum absolute atomic E-state index is 0.0897. The molecule has 1 aromatic carbocycles. The van der Waals surface area contributed by atoms with Gasteiger partial charge >= 0.3 is 0 Å². The number of phenolic OH excluding ortho intramolecular Hbond substituents is 1. The molecule has 0 amide bonds. The van der Waals surface area contributed by atoms with Crippen LogP contribution in [0.1, 0.15) is 20.3 Å². The van der Waals surface area contributed by atoms with Crippen molar-refractivity contribution in [3.63, 3.8) is 0 Å². The van der Waals surface area contributed by atoms with Gasteiger partial charge in [-0.15, -0.1) is 5.48 Å². The number of hydrogen-bond donors (Lipinski definition) is 5. The standard InChI is InChI=1S/C16H29N3O4/c1-13(20)10-19(11-14(2)21)9-5-8-17-12-18-23-16-7-4-3-6-15(16)22/h3-4,6-7,13-14,17-18,20-22H,5,8-12H2,1-2H3. The molecule has 0 aliphatic carbocycles. The van der Waals surface area contributed by atoms with E-state index < -0.39 is 12.2 Å². The summed E-state index contributed by atoms with van der Waals surface area (Å²) >= 11 is 0. The predicted molar refractivity (Wildman–Crippen MR) is 89.2 cm³/mol. The van der Waals surface area contributed by atoms with E-state index in [2.05, 4.69) is 10.8 Å². The normalized spacial score (nSPS) is 14.0. The van der Waals surface area contributed by atoms with Gasteiger partial charge in [-0.1, -0.05) is 12.1 Å². The summed E-state index contributed by atoms with van der Waals surface area (Å²) in [6.45, 7) is 6.61. The van der Waals surface area contributed by atoms with Crippen LogP contribution in [0, 0.1) is 0 Å². The van der Waals surface area contributed by atoms with Crippen molar-refractivity contribution in [2.24, 2.45) is 0 Å². The molecule has 0 aliphatic heterocycles. The predicted octanol–water partition coefficient (Wildman–Crippen LogP) is 0.276. The maximum absolute atomic E-state index is 9.52. The number of aromatic hydroxyl groups is 1. The van der Waals surface area contributed by atoms with Gasteiger partial charge in [0.05, 0.1) is 18.9 Å². The summed E-state index contributed by atoms with van der Waals surface area (Å²) in [5.74, 6) is 0.473. The van der Waals surface area contributed by atoms with E-state index in [1.54, 1.807) is 38.1 Å². The second-order valence-electron chi connectivity index (χ2n) is 5.70. The van der Waals surface area contributed by atoms with Crippen LogP contribution in [-0.4, -0.2) is 65.3 Å². The van der Waals surface area contributed by atoms with Gasteiger partial charge in [0.2, 0.25) is 0 Å². The fourth-order valence-corrected chi connectivity index (χ4v) is 2.23. The summed E-state index contributed by atoms with van der Waals surface area (Å²) in [5.41, 5.74) is 2.73. The smallest absolute Gasteiger partial charge is 0.188 e. The van der Waals surface area contributed by atoms with Crippen LogP contribution in [0.2, 0.25) is 0 Å². The molecule has 0 fully saturated rings. The number of rotatable bonds is 12. The summed E-state index contributed by atoms with van der Waals surface area (Å²) in [6, 6.07) is 6.74. The van der Waals surface area contributed by atoms with Gasteiger partial charge in [0.25, 0.3) is 0 Å². The Balaban J connectivity index is 2.10. The van der Waals surface area contributed by atoms with Gasteiger partial charge in [-0.2, -0.15) is 0 Å². The van der Waals surface area contributed by atoms with Gasteiger partial charge in [0.1, 0.15) is 0 Å². The van der Waals surface area contributed by atoms with Crippen LogP contribution >= 0.6 is 0 Å². The van der Waals surface area contributed by atoms with Crippen molar-refractivity contribution >= 4 is 0 Å². The first kappa shape index (κ1) is 19.7. The van der Waals surface area contributed by atoms with Crippen LogP contribution in [0.25, 0.3) is 0 Å². The number of para-hydroxylation sites is 2. The Hall–Kier alpha value is -1.38. The lowest BCUT2D eigenvalue weighted by molar-refractivity contribution is 0.0827. The van der Waals surface area contributed by atoms with Gasteiger partial charge < -0.3 is 25.5 Å². The Kier molecular flexibility index (Phi) is 9.58. The van der Waals surface area contributed by atoms with Gasteiger partial charge in [0.15, 0.2) is 11.5 Å². The fraction of sp³-hybridized carbons (Fsp3) is 0.625. The largest absolute Gasteiger partial charge is 0.504 e. The molecule has 0 radical (unpaired) electrons. The highest BCUT2D eigenvalue weighted by atomic mass is 16.7. The minimum Gasteiger partial charge on any atom is -0.504 e. The molecule has 0 aliphatic rings. The molecule has 0 spiro atoms. The van der Waals surface area contributed by atoms with Gasteiger partial charge in [-0.05, 0) is 45.5 Å². The van der Waals surface area contributed by atoms with Gasteiger partial charge in [-0.25, -0.2) is 0 Å². The van der Waals surface area contributed by atoms with Crippen molar-refractivity contribution in [1.29, 1.82) is 0 Å². The number of nitrogens with zero attached hydrogens (tertiary/aromatic N) is 1. The third kappa shape index (κ3) is 9.37. The number of phenols is 1. The summed E-state index contributed by atoms with van der Waals surface area (Å²) < 4.78 is 0. The maximum atomic E-state index is 9.52. The Morgan fingerprint density at radius 2 is 1.78 bits per heavy atom. The van der Waals surface area contributed by atoms with E-state index in [1.807, 2.05) is 4.90 Å². The number of hydrogen-bond acceptors (Lipinski definition) is 7. The lowest BCUT2D eigenvalue weighted by Gasteiger charge is -2.25. The molecular weight excluding hydrogens is 298 g/mol. The van der Waals surface area contributed by atoms with Crippen LogP contribution in [0.3, 0.4) is 0 Å². The summed E-state index contributed by atoms with van der Waals surface area (Å²) in [4.78, 5) is 7.28. The molecule has 2 unspecified atom stereocenters. The molecule has 23 heavy (non-hydrogen) atoms. The highest BCUT2D eigenvalue weighted by molar-refractivity contribution is 5.37. The zero-order valence-corrected chi connectivity index (χ0v) is 13.9. The third-order valence-corrected chi connectivity index (χ3v) is 3.12. The van der Waals surface area contributed by atoms with Crippen molar-refractivity contribution in [1.82, 2.24) is 15.7 Å². The molecule has 0 saturated heterocycles. The number of aliphatic hydroxyl groups is 2. The minimum atomic E-state index is -0.407. The highest BCUT2D eigenvalue weighted by Gasteiger charge is 2.10. The van der Waals surface area contributed by atoms with Gasteiger partial charge in [0, 0.05) is 13.1 Å². The monoisotopic (exact) mass is 327 g/mol. The first-order chi connectivity index (χ1) is 11.0. The lowest BCUT2D eigenvalue weighted by Crippen LogP contribution is -2.38. The molecule has 0 aromatic heterocycles. The first-order valence-corrected chi connectivity index (χ1v) is 7.96. The molecule has 0 bridgehead atoms. The van der Waals surface area contributed by atoms with E-state index in [1.165, 1.54) is 0 Å². The van der Waals surface area contributed by atoms with E-state index >= 15 is 0 Å². The number of hydroxylamine groups is 1. The zero-order valence-electron chi connectivity index (χ0n) is 13.9. The average Bonchev–Trinajstić information content (AvgIpc) is 2.46. The van der Waals surface area contributed by atoms with Crippen molar-refractivity contribution in [3.05, 3.63) is 24.3 Å². The topological polar surface area (TPSA) is 97.2 Å². The van der Waals surface area contributed by atoms with Crippen LogP contribution < -0.4 is 15.6 Å². The average molecular weight is 327 g/mol. The molecule has 0 heterocycles. The first-order valence-electron chi connectivity index (χ1n) is 7.96. The van der Waals surface area contributed by atoms with E-state index in [-0.39, 0.29) is 5.75 Å².